The van der Waals surface area contributed by atoms with Crippen LogP contribution >= 0.6 is 0 Å². The molecule has 0 aliphatic carbocycles. The maximum Gasteiger partial charge on any atom is 0.299 e. The van der Waals surface area contributed by atoms with Crippen LogP contribution in [-0.4, -0.2) is 11.7 Å². The van der Waals surface area contributed by atoms with E-state index in [9.17, 15) is 9.59 Å². The number of amides is 1. The van der Waals surface area contributed by atoms with Gasteiger partial charge in [-0.2, -0.15) is 0 Å². The molecular formula is C19H19NO2. The minimum atomic E-state index is -0.433. The van der Waals surface area contributed by atoms with Gasteiger partial charge in [0.2, 0.25) is 0 Å². The predicted octanol–water partition coefficient (Wildman–Crippen LogP) is 3.85. The zero-order valence-electron chi connectivity index (χ0n) is 13.1. The van der Waals surface area contributed by atoms with Crippen molar-refractivity contribution in [3.63, 3.8) is 0 Å². The van der Waals surface area contributed by atoms with Gasteiger partial charge in [-0.15, -0.1) is 0 Å². The molecule has 22 heavy (non-hydrogen) atoms. The Morgan fingerprint density at radius 3 is 2.50 bits per heavy atom. The summed E-state index contributed by atoms with van der Waals surface area (Å²) in [5.74, 6) is -0.467. The Bertz CT molecular complexity index is 762. The SMILES string of the molecule is Cc1ccc(C(C)C)c(CN2C(=O)C(=O)c3ccccc32)c1. The van der Waals surface area contributed by atoms with Crippen molar-refractivity contribution in [1.82, 2.24) is 0 Å². The van der Waals surface area contributed by atoms with Gasteiger partial charge in [-0.3, -0.25) is 9.59 Å². The number of benzene rings is 2. The molecule has 3 heteroatoms. The highest BCUT2D eigenvalue weighted by Crippen LogP contribution is 2.31. The van der Waals surface area contributed by atoms with Crippen LogP contribution in [0.2, 0.25) is 0 Å². The first-order valence-corrected chi connectivity index (χ1v) is 7.53. The summed E-state index contributed by atoms with van der Waals surface area (Å²) in [6.45, 7) is 6.76. The molecular weight excluding hydrogens is 274 g/mol. The van der Waals surface area contributed by atoms with E-state index in [0.29, 0.717) is 23.7 Å². The third kappa shape index (κ3) is 2.33. The number of anilines is 1. The fourth-order valence-electron chi connectivity index (χ4n) is 3.01. The maximum atomic E-state index is 12.3. The van der Waals surface area contributed by atoms with Crippen molar-refractivity contribution in [3.05, 3.63) is 64.7 Å². The standard InChI is InChI=1S/C19H19NO2/c1-12(2)15-9-8-13(3)10-14(15)11-20-17-7-5-4-6-16(17)18(21)19(20)22/h4-10,12H,11H2,1-3H3. The Balaban J connectivity index is 2.03. The van der Waals surface area contributed by atoms with Crippen molar-refractivity contribution in [3.8, 4) is 0 Å². The molecule has 0 radical (unpaired) electrons. The van der Waals surface area contributed by atoms with Gasteiger partial charge in [0.15, 0.2) is 0 Å². The minimum Gasteiger partial charge on any atom is -0.300 e. The smallest absolute Gasteiger partial charge is 0.299 e. The fraction of sp³-hybridized carbons (Fsp3) is 0.263. The molecule has 0 saturated carbocycles. The van der Waals surface area contributed by atoms with Gasteiger partial charge in [-0.05, 0) is 36.1 Å². The molecule has 0 aromatic heterocycles. The second kappa shape index (κ2) is 5.41. The molecule has 3 rings (SSSR count). The predicted molar refractivity (Wildman–Crippen MR) is 87.2 cm³/mol. The second-order valence-electron chi connectivity index (χ2n) is 6.09. The van der Waals surface area contributed by atoms with Gasteiger partial charge in [0.05, 0.1) is 17.8 Å². The lowest BCUT2D eigenvalue weighted by molar-refractivity contribution is -0.114. The first kappa shape index (κ1) is 14.5. The molecule has 1 heterocycles. The van der Waals surface area contributed by atoms with E-state index in [-0.39, 0.29) is 0 Å². The number of ketones is 1. The van der Waals surface area contributed by atoms with E-state index in [1.54, 1.807) is 17.0 Å². The first-order chi connectivity index (χ1) is 10.5. The van der Waals surface area contributed by atoms with Gasteiger partial charge in [0.25, 0.3) is 11.7 Å². The van der Waals surface area contributed by atoms with E-state index in [1.807, 2.05) is 19.1 Å². The third-order valence-corrected chi connectivity index (χ3v) is 4.13. The van der Waals surface area contributed by atoms with Crippen LogP contribution in [0.15, 0.2) is 42.5 Å². The number of para-hydroxylation sites is 1. The molecule has 1 aliphatic rings. The largest absolute Gasteiger partial charge is 0.300 e. The number of rotatable bonds is 3. The molecule has 1 amide bonds. The van der Waals surface area contributed by atoms with Crippen molar-refractivity contribution >= 4 is 17.4 Å². The molecule has 112 valence electrons. The van der Waals surface area contributed by atoms with Gasteiger partial charge in [-0.25, -0.2) is 0 Å². The summed E-state index contributed by atoms with van der Waals surface area (Å²) in [4.78, 5) is 26.0. The van der Waals surface area contributed by atoms with Crippen LogP contribution < -0.4 is 4.90 Å². The van der Waals surface area contributed by atoms with Gasteiger partial charge in [0.1, 0.15) is 0 Å². The Morgan fingerprint density at radius 2 is 1.77 bits per heavy atom. The van der Waals surface area contributed by atoms with Crippen LogP contribution in [0.25, 0.3) is 0 Å². The lowest BCUT2D eigenvalue weighted by atomic mass is 9.95. The summed E-state index contributed by atoms with van der Waals surface area (Å²) >= 11 is 0. The molecule has 0 spiro atoms. The zero-order chi connectivity index (χ0) is 15.9. The summed E-state index contributed by atoms with van der Waals surface area (Å²) in [7, 11) is 0. The third-order valence-electron chi connectivity index (χ3n) is 4.13. The van der Waals surface area contributed by atoms with Crippen molar-refractivity contribution < 1.29 is 9.59 Å². The van der Waals surface area contributed by atoms with Crippen molar-refractivity contribution in [2.45, 2.75) is 33.2 Å². The molecule has 0 fully saturated rings. The number of hydrogen-bond acceptors (Lipinski definition) is 2. The first-order valence-electron chi connectivity index (χ1n) is 7.53. The van der Waals surface area contributed by atoms with Crippen LogP contribution in [0.4, 0.5) is 5.69 Å². The molecule has 0 N–H and O–H groups in total. The van der Waals surface area contributed by atoms with Crippen LogP contribution in [0.3, 0.4) is 0 Å². The monoisotopic (exact) mass is 293 g/mol. The average molecular weight is 293 g/mol. The summed E-state index contributed by atoms with van der Waals surface area (Å²) in [6, 6.07) is 13.5. The molecule has 0 saturated heterocycles. The van der Waals surface area contributed by atoms with Crippen molar-refractivity contribution in [2.24, 2.45) is 0 Å². The van der Waals surface area contributed by atoms with E-state index in [4.69, 9.17) is 0 Å². The van der Waals surface area contributed by atoms with Crippen LogP contribution in [0.1, 0.15) is 46.8 Å². The quantitative estimate of drug-likeness (QED) is 0.806. The summed E-state index contributed by atoms with van der Waals surface area (Å²) in [5, 5.41) is 0. The number of carbonyl (C=O) groups excluding carboxylic acids is 2. The van der Waals surface area contributed by atoms with Crippen molar-refractivity contribution in [2.75, 3.05) is 4.90 Å². The van der Waals surface area contributed by atoms with E-state index in [0.717, 1.165) is 11.1 Å². The second-order valence-corrected chi connectivity index (χ2v) is 6.09. The van der Waals surface area contributed by atoms with Gasteiger partial charge >= 0.3 is 0 Å². The Hall–Kier alpha value is -2.42. The highest BCUT2D eigenvalue weighted by atomic mass is 16.2. The molecule has 3 nitrogen and oxygen atoms in total. The maximum absolute atomic E-state index is 12.3. The fourth-order valence-corrected chi connectivity index (χ4v) is 3.01. The Kier molecular flexibility index (Phi) is 3.57. The highest BCUT2D eigenvalue weighted by Gasteiger charge is 2.35. The van der Waals surface area contributed by atoms with Gasteiger partial charge in [-0.1, -0.05) is 49.7 Å². The van der Waals surface area contributed by atoms with E-state index in [2.05, 4.69) is 32.0 Å². The normalized spacial score (nSPS) is 13.9. The van der Waals surface area contributed by atoms with Crippen LogP contribution in [0.5, 0.6) is 0 Å². The summed E-state index contributed by atoms with van der Waals surface area (Å²) < 4.78 is 0. The Labute approximate surface area is 130 Å². The number of aryl methyl sites for hydroxylation is 1. The molecule has 0 atom stereocenters. The van der Waals surface area contributed by atoms with E-state index in [1.165, 1.54) is 5.56 Å². The number of nitrogens with zero attached hydrogens (tertiary/aromatic N) is 1. The molecule has 0 bridgehead atoms. The summed E-state index contributed by atoms with van der Waals surface area (Å²) in [5.41, 5.74) is 4.70. The topological polar surface area (TPSA) is 37.4 Å². The molecule has 2 aromatic rings. The van der Waals surface area contributed by atoms with Crippen LogP contribution in [-0.2, 0) is 11.3 Å². The number of fused-ring (bicyclic) bond motifs is 1. The number of carbonyl (C=O) groups is 2. The average Bonchev–Trinajstić information content (AvgIpc) is 2.73. The lowest BCUT2D eigenvalue weighted by Crippen LogP contribution is -2.29. The van der Waals surface area contributed by atoms with E-state index >= 15 is 0 Å². The zero-order valence-corrected chi connectivity index (χ0v) is 13.1. The molecule has 0 unspecified atom stereocenters. The number of hydrogen-bond donors (Lipinski definition) is 0. The number of Topliss-reactive ketones (excluding diaryl/α,β-unsaturated/α-hetero) is 1. The van der Waals surface area contributed by atoms with Gasteiger partial charge in [0, 0.05) is 0 Å². The minimum absolute atomic E-state index is 0.374. The van der Waals surface area contributed by atoms with Gasteiger partial charge < -0.3 is 4.90 Å². The van der Waals surface area contributed by atoms with Crippen LogP contribution in [0, 0.1) is 6.92 Å². The Morgan fingerprint density at radius 1 is 1.05 bits per heavy atom. The summed E-state index contributed by atoms with van der Waals surface area (Å²) in [6.07, 6.45) is 0. The molecule has 2 aromatic carbocycles. The highest BCUT2D eigenvalue weighted by molar-refractivity contribution is 6.52. The lowest BCUT2D eigenvalue weighted by Gasteiger charge is -2.20. The van der Waals surface area contributed by atoms with Crippen molar-refractivity contribution in [1.29, 1.82) is 0 Å². The van der Waals surface area contributed by atoms with E-state index < -0.39 is 11.7 Å². The molecule has 1 aliphatic heterocycles.